The maximum absolute atomic E-state index is 2.46. The van der Waals surface area contributed by atoms with Crippen molar-refractivity contribution in [3.63, 3.8) is 0 Å². The monoisotopic (exact) mass is 814 g/mol. The molecule has 0 atom stereocenters. The van der Waals surface area contributed by atoms with E-state index in [0.29, 0.717) is 0 Å². The summed E-state index contributed by atoms with van der Waals surface area (Å²) in [7, 11) is 0. The Bertz CT molecular complexity index is 2280. The molecule has 0 aliphatic heterocycles. The Morgan fingerprint density at radius 2 is 0.532 bits per heavy atom. The Morgan fingerprint density at radius 3 is 0.758 bits per heavy atom. The van der Waals surface area contributed by atoms with E-state index in [-0.39, 0.29) is 0 Å². The van der Waals surface area contributed by atoms with Crippen molar-refractivity contribution >= 4 is 69.8 Å². The van der Waals surface area contributed by atoms with Gasteiger partial charge < -0.3 is 19.6 Å². The van der Waals surface area contributed by atoms with Crippen LogP contribution in [0.4, 0.5) is 45.5 Å². The summed E-state index contributed by atoms with van der Waals surface area (Å²) in [5.41, 5.74) is 19.1. The zero-order valence-corrected chi connectivity index (χ0v) is 37.9. The quantitative estimate of drug-likeness (QED) is 0.0901. The van der Waals surface area contributed by atoms with Crippen molar-refractivity contribution in [1.29, 1.82) is 0 Å². The SMILES string of the molecule is CCN(CC)c1cc(C=Cc2ccc(N(c3ccc(C)cc3)c3ccc(C)cc3)cc2)c(N(CC)CC)cc1C=Cc1ccc(N(c2ccc(C)cc2)c2ccc(C)cc2)cc1. The molecule has 0 N–H and O–H groups in total. The Hall–Kier alpha value is -6.78. The minimum atomic E-state index is 0.924. The third-order valence-electron chi connectivity index (χ3n) is 11.8. The van der Waals surface area contributed by atoms with Gasteiger partial charge in [-0.05, 0) is 163 Å². The van der Waals surface area contributed by atoms with Gasteiger partial charge in [0.15, 0.2) is 0 Å². The van der Waals surface area contributed by atoms with Gasteiger partial charge in [0, 0.05) is 71.7 Å². The maximum Gasteiger partial charge on any atom is 0.0462 e. The average Bonchev–Trinajstić information content (AvgIpc) is 3.30. The molecule has 62 heavy (non-hydrogen) atoms. The van der Waals surface area contributed by atoms with Gasteiger partial charge in [0.05, 0.1) is 0 Å². The van der Waals surface area contributed by atoms with E-state index in [1.165, 1.54) is 44.8 Å². The van der Waals surface area contributed by atoms with Crippen LogP contribution in [0.2, 0.25) is 0 Å². The summed E-state index contributed by atoms with van der Waals surface area (Å²) >= 11 is 0. The zero-order chi connectivity index (χ0) is 43.6. The minimum Gasteiger partial charge on any atom is -0.372 e. The zero-order valence-electron chi connectivity index (χ0n) is 37.9. The highest BCUT2D eigenvalue weighted by Gasteiger charge is 2.17. The predicted molar refractivity (Wildman–Crippen MR) is 273 cm³/mol. The van der Waals surface area contributed by atoms with Crippen molar-refractivity contribution in [2.24, 2.45) is 0 Å². The van der Waals surface area contributed by atoms with Gasteiger partial charge in [0.1, 0.15) is 0 Å². The summed E-state index contributed by atoms with van der Waals surface area (Å²) in [6, 6.07) is 57.7. The van der Waals surface area contributed by atoms with Crippen LogP contribution in [-0.4, -0.2) is 26.2 Å². The summed E-state index contributed by atoms with van der Waals surface area (Å²) in [5, 5.41) is 0. The van der Waals surface area contributed by atoms with E-state index in [2.05, 4.69) is 257 Å². The highest BCUT2D eigenvalue weighted by molar-refractivity contribution is 5.87. The van der Waals surface area contributed by atoms with E-state index in [9.17, 15) is 0 Å². The molecule has 0 unspecified atom stereocenters. The van der Waals surface area contributed by atoms with E-state index in [1.54, 1.807) is 0 Å². The molecule has 0 amide bonds. The lowest BCUT2D eigenvalue weighted by Crippen LogP contribution is -2.25. The van der Waals surface area contributed by atoms with Gasteiger partial charge in [-0.1, -0.05) is 119 Å². The standard InChI is InChI=1S/C58H62N4/c1-9-59(10-2)57-41-50(28-22-48-25-39-56(40-26-48)62(53-33-17-45(7)18-34-53)54-35-19-46(8)20-36-54)58(60(11-3)12-4)42-49(57)27-21-47-23-37-55(38-24-47)61(51-29-13-43(5)14-30-51)52-31-15-44(6)16-32-52/h13-42H,9-12H2,1-8H3. The first-order chi connectivity index (χ1) is 30.2. The maximum atomic E-state index is 2.46. The van der Waals surface area contributed by atoms with Crippen LogP contribution >= 0.6 is 0 Å². The van der Waals surface area contributed by atoms with Crippen LogP contribution in [0.15, 0.2) is 158 Å². The Kier molecular flexibility index (Phi) is 14.1. The van der Waals surface area contributed by atoms with E-state index < -0.39 is 0 Å². The van der Waals surface area contributed by atoms with Gasteiger partial charge >= 0.3 is 0 Å². The summed E-state index contributed by atoms with van der Waals surface area (Å²) in [6.07, 6.45) is 9.11. The molecule has 0 radical (unpaired) electrons. The first kappa shape index (κ1) is 43.3. The summed E-state index contributed by atoms with van der Waals surface area (Å²) < 4.78 is 0. The molecule has 7 rings (SSSR count). The van der Waals surface area contributed by atoms with E-state index >= 15 is 0 Å². The molecule has 0 aromatic heterocycles. The molecule has 0 aliphatic rings. The molecule has 0 saturated carbocycles. The lowest BCUT2D eigenvalue weighted by molar-refractivity contribution is 0.854. The topological polar surface area (TPSA) is 13.0 Å². The van der Waals surface area contributed by atoms with Crippen molar-refractivity contribution in [2.75, 3.05) is 45.8 Å². The molecule has 0 fully saturated rings. The first-order valence-corrected chi connectivity index (χ1v) is 22.3. The fraction of sp³-hybridized carbons (Fsp3) is 0.207. The van der Waals surface area contributed by atoms with Gasteiger partial charge in [0.25, 0.3) is 0 Å². The number of hydrogen-bond donors (Lipinski definition) is 0. The van der Waals surface area contributed by atoms with Gasteiger partial charge in [-0.3, -0.25) is 0 Å². The second-order valence-electron chi connectivity index (χ2n) is 16.2. The molecular formula is C58H62N4. The highest BCUT2D eigenvalue weighted by Crippen LogP contribution is 2.38. The fourth-order valence-electron chi connectivity index (χ4n) is 8.06. The molecule has 7 aromatic rings. The molecule has 314 valence electrons. The van der Waals surface area contributed by atoms with Crippen LogP contribution in [0, 0.1) is 27.7 Å². The van der Waals surface area contributed by atoms with E-state index in [4.69, 9.17) is 0 Å². The lowest BCUT2D eigenvalue weighted by atomic mass is 10.0. The van der Waals surface area contributed by atoms with Crippen molar-refractivity contribution in [2.45, 2.75) is 55.4 Å². The van der Waals surface area contributed by atoms with Crippen LogP contribution in [0.3, 0.4) is 0 Å². The Labute approximate surface area is 371 Å². The van der Waals surface area contributed by atoms with Crippen LogP contribution in [0.1, 0.15) is 72.2 Å². The summed E-state index contributed by atoms with van der Waals surface area (Å²) in [6.45, 7) is 21.2. The van der Waals surface area contributed by atoms with Gasteiger partial charge in [0.2, 0.25) is 0 Å². The van der Waals surface area contributed by atoms with Crippen molar-refractivity contribution < 1.29 is 0 Å². The van der Waals surface area contributed by atoms with Crippen LogP contribution in [0.25, 0.3) is 24.3 Å². The van der Waals surface area contributed by atoms with Gasteiger partial charge in [-0.25, -0.2) is 0 Å². The molecule has 0 spiro atoms. The fourth-order valence-corrected chi connectivity index (χ4v) is 8.06. The minimum absolute atomic E-state index is 0.924. The molecule has 4 nitrogen and oxygen atoms in total. The summed E-state index contributed by atoms with van der Waals surface area (Å²) in [4.78, 5) is 9.58. The average molecular weight is 815 g/mol. The molecule has 7 aromatic carbocycles. The van der Waals surface area contributed by atoms with Crippen molar-refractivity contribution in [3.05, 3.63) is 202 Å². The largest absolute Gasteiger partial charge is 0.372 e. The highest BCUT2D eigenvalue weighted by atomic mass is 15.2. The number of aryl methyl sites for hydroxylation is 4. The van der Waals surface area contributed by atoms with Gasteiger partial charge in [-0.2, -0.15) is 0 Å². The number of anilines is 8. The Morgan fingerprint density at radius 1 is 0.306 bits per heavy atom. The number of rotatable bonds is 16. The lowest BCUT2D eigenvalue weighted by Gasteiger charge is -2.29. The number of hydrogen-bond acceptors (Lipinski definition) is 4. The molecule has 0 bridgehead atoms. The number of nitrogens with zero attached hydrogens (tertiary/aromatic N) is 4. The smallest absolute Gasteiger partial charge is 0.0462 e. The molecular weight excluding hydrogens is 753 g/mol. The van der Waals surface area contributed by atoms with E-state index in [1.807, 2.05) is 0 Å². The molecule has 4 heteroatoms. The van der Waals surface area contributed by atoms with Gasteiger partial charge in [-0.15, -0.1) is 0 Å². The molecule has 0 aliphatic carbocycles. The third kappa shape index (κ3) is 10.2. The normalized spacial score (nSPS) is 11.4. The van der Waals surface area contributed by atoms with Crippen molar-refractivity contribution in [3.8, 4) is 0 Å². The predicted octanol–water partition coefficient (Wildman–Crippen LogP) is 15.9. The van der Waals surface area contributed by atoms with Crippen LogP contribution in [0.5, 0.6) is 0 Å². The summed E-state index contributed by atoms with van der Waals surface area (Å²) in [5.74, 6) is 0. The third-order valence-corrected chi connectivity index (χ3v) is 11.8. The van der Waals surface area contributed by atoms with E-state index in [0.717, 1.165) is 71.4 Å². The Balaban J connectivity index is 1.20. The molecule has 0 saturated heterocycles. The second-order valence-corrected chi connectivity index (χ2v) is 16.2. The van der Waals surface area contributed by atoms with Crippen LogP contribution in [-0.2, 0) is 0 Å². The van der Waals surface area contributed by atoms with Crippen molar-refractivity contribution in [1.82, 2.24) is 0 Å². The first-order valence-electron chi connectivity index (χ1n) is 22.3. The molecule has 0 heterocycles. The second kappa shape index (κ2) is 20.2. The number of benzene rings is 7. The van der Waals surface area contributed by atoms with Crippen LogP contribution < -0.4 is 19.6 Å².